The van der Waals surface area contributed by atoms with Gasteiger partial charge in [-0.3, -0.25) is 0 Å². The van der Waals surface area contributed by atoms with E-state index in [1.165, 1.54) is 19.3 Å². The zero-order valence-corrected chi connectivity index (χ0v) is 9.23. The third kappa shape index (κ3) is 5.27. The van der Waals surface area contributed by atoms with Crippen LogP contribution in [0.4, 0.5) is 0 Å². The molecule has 0 saturated carbocycles. The van der Waals surface area contributed by atoms with Gasteiger partial charge in [0.2, 0.25) is 0 Å². The fourth-order valence-electron chi connectivity index (χ4n) is 1.69. The van der Waals surface area contributed by atoms with Gasteiger partial charge < -0.3 is 10.1 Å². The van der Waals surface area contributed by atoms with Gasteiger partial charge in [0.05, 0.1) is 0 Å². The molecule has 0 aliphatic carbocycles. The van der Waals surface area contributed by atoms with E-state index >= 15 is 0 Å². The number of hydrogen-bond acceptors (Lipinski definition) is 2. The smallest absolute Gasteiger partial charge is 0.0494 e. The topological polar surface area (TPSA) is 21.3 Å². The second-order valence-electron chi connectivity index (χ2n) is 5.05. The number of ether oxygens (including phenoxy) is 1. The van der Waals surface area contributed by atoms with Crippen LogP contribution in [0.3, 0.4) is 0 Å². The Hall–Kier alpha value is -0.0800. The van der Waals surface area contributed by atoms with Gasteiger partial charge in [0.25, 0.3) is 0 Å². The van der Waals surface area contributed by atoms with E-state index in [4.69, 9.17) is 4.74 Å². The first-order chi connectivity index (χ1) is 6.08. The molecule has 1 rings (SSSR count). The maximum Gasteiger partial charge on any atom is 0.0494 e. The van der Waals surface area contributed by atoms with Gasteiger partial charge in [-0.05, 0) is 52.5 Å². The third-order valence-corrected chi connectivity index (χ3v) is 2.46. The molecule has 0 unspecified atom stereocenters. The quantitative estimate of drug-likeness (QED) is 0.727. The van der Waals surface area contributed by atoms with Crippen molar-refractivity contribution >= 4 is 0 Å². The van der Waals surface area contributed by atoms with Gasteiger partial charge in [0, 0.05) is 18.8 Å². The van der Waals surface area contributed by atoms with Crippen molar-refractivity contribution in [2.45, 2.75) is 45.6 Å². The van der Waals surface area contributed by atoms with Crippen LogP contribution < -0.4 is 5.32 Å². The van der Waals surface area contributed by atoms with Gasteiger partial charge in [0.1, 0.15) is 0 Å². The molecule has 0 bridgehead atoms. The third-order valence-electron chi connectivity index (χ3n) is 2.46. The van der Waals surface area contributed by atoms with E-state index in [0.29, 0.717) is 0 Å². The fraction of sp³-hybridized carbons (Fsp3) is 1.00. The SMILES string of the molecule is CC(C)(C)NCC[C@@H]1CCCOC1. The van der Waals surface area contributed by atoms with Crippen LogP contribution >= 0.6 is 0 Å². The highest BCUT2D eigenvalue weighted by Crippen LogP contribution is 2.16. The molecule has 1 fully saturated rings. The Labute approximate surface area is 82.0 Å². The van der Waals surface area contributed by atoms with Gasteiger partial charge >= 0.3 is 0 Å². The van der Waals surface area contributed by atoms with Crippen LogP contribution in [0.15, 0.2) is 0 Å². The molecule has 0 aromatic carbocycles. The molecule has 1 aliphatic rings. The monoisotopic (exact) mass is 185 g/mol. The average molecular weight is 185 g/mol. The molecule has 78 valence electrons. The number of hydrogen-bond donors (Lipinski definition) is 1. The van der Waals surface area contributed by atoms with E-state index in [0.717, 1.165) is 25.7 Å². The molecule has 0 spiro atoms. The zero-order valence-electron chi connectivity index (χ0n) is 9.23. The summed E-state index contributed by atoms with van der Waals surface area (Å²) in [5.74, 6) is 0.795. The molecule has 2 heteroatoms. The molecular formula is C11H23NO. The summed E-state index contributed by atoms with van der Waals surface area (Å²) in [6, 6.07) is 0. The summed E-state index contributed by atoms with van der Waals surface area (Å²) < 4.78 is 5.44. The van der Waals surface area contributed by atoms with Crippen LogP contribution in [0.5, 0.6) is 0 Å². The van der Waals surface area contributed by atoms with Gasteiger partial charge in [-0.2, -0.15) is 0 Å². The van der Waals surface area contributed by atoms with E-state index in [1.54, 1.807) is 0 Å². The second kappa shape index (κ2) is 4.97. The highest BCUT2D eigenvalue weighted by atomic mass is 16.5. The van der Waals surface area contributed by atoms with Crippen LogP contribution in [-0.2, 0) is 4.74 Å². The summed E-state index contributed by atoms with van der Waals surface area (Å²) in [5.41, 5.74) is 0.259. The lowest BCUT2D eigenvalue weighted by atomic mass is 9.98. The Bertz CT molecular complexity index is 134. The van der Waals surface area contributed by atoms with Crippen molar-refractivity contribution in [2.24, 2.45) is 5.92 Å². The molecule has 0 amide bonds. The Balaban J connectivity index is 2.04. The minimum atomic E-state index is 0.259. The number of nitrogens with one attached hydrogen (secondary N) is 1. The normalized spacial score (nSPS) is 24.7. The standard InChI is InChI=1S/C11H23NO/c1-11(2,3)12-7-6-10-5-4-8-13-9-10/h10,12H,4-9H2,1-3H3/t10-/m0/s1. The largest absolute Gasteiger partial charge is 0.381 e. The Kier molecular flexibility index (Phi) is 4.20. The van der Waals surface area contributed by atoms with Crippen molar-refractivity contribution < 1.29 is 4.74 Å². The van der Waals surface area contributed by atoms with E-state index in [2.05, 4.69) is 26.1 Å². The summed E-state index contributed by atoms with van der Waals surface area (Å²) in [4.78, 5) is 0. The minimum Gasteiger partial charge on any atom is -0.381 e. The number of rotatable bonds is 3. The fourth-order valence-corrected chi connectivity index (χ4v) is 1.69. The first-order valence-corrected chi connectivity index (χ1v) is 5.41. The maximum atomic E-state index is 5.44. The molecule has 13 heavy (non-hydrogen) atoms. The van der Waals surface area contributed by atoms with Crippen molar-refractivity contribution in [3.05, 3.63) is 0 Å². The highest BCUT2D eigenvalue weighted by molar-refractivity contribution is 4.72. The molecule has 1 atom stereocenters. The van der Waals surface area contributed by atoms with E-state index in [1.807, 2.05) is 0 Å². The molecule has 2 nitrogen and oxygen atoms in total. The lowest BCUT2D eigenvalue weighted by molar-refractivity contribution is 0.0512. The van der Waals surface area contributed by atoms with Crippen LogP contribution in [0.1, 0.15) is 40.0 Å². The first kappa shape index (κ1) is 11.0. The predicted molar refractivity (Wildman–Crippen MR) is 55.9 cm³/mol. The summed E-state index contributed by atoms with van der Waals surface area (Å²) in [7, 11) is 0. The van der Waals surface area contributed by atoms with Gasteiger partial charge in [-0.1, -0.05) is 0 Å². The van der Waals surface area contributed by atoms with Gasteiger partial charge in [0.15, 0.2) is 0 Å². The lowest BCUT2D eigenvalue weighted by Crippen LogP contribution is -2.37. The molecule has 1 N–H and O–H groups in total. The summed E-state index contributed by atoms with van der Waals surface area (Å²) in [5, 5.41) is 3.51. The van der Waals surface area contributed by atoms with E-state index in [9.17, 15) is 0 Å². The summed E-state index contributed by atoms with van der Waals surface area (Å²) in [6.45, 7) is 9.71. The first-order valence-electron chi connectivity index (χ1n) is 5.41. The van der Waals surface area contributed by atoms with Crippen molar-refractivity contribution in [1.82, 2.24) is 5.32 Å². The van der Waals surface area contributed by atoms with Gasteiger partial charge in [-0.15, -0.1) is 0 Å². The molecule has 0 aromatic heterocycles. The predicted octanol–water partition coefficient (Wildman–Crippen LogP) is 2.19. The van der Waals surface area contributed by atoms with Crippen molar-refractivity contribution in [3.8, 4) is 0 Å². The van der Waals surface area contributed by atoms with Crippen LogP contribution in [0.2, 0.25) is 0 Å². The highest BCUT2D eigenvalue weighted by Gasteiger charge is 2.14. The van der Waals surface area contributed by atoms with E-state index in [-0.39, 0.29) is 5.54 Å². The van der Waals surface area contributed by atoms with Gasteiger partial charge in [-0.25, -0.2) is 0 Å². The molecular weight excluding hydrogens is 162 g/mol. The van der Waals surface area contributed by atoms with E-state index < -0.39 is 0 Å². The molecule has 0 radical (unpaired) electrons. The van der Waals surface area contributed by atoms with Crippen LogP contribution in [0.25, 0.3) is 0 Å². The minimum absolute atomic E-state index is 0.259. The second-order valence-corrected chi connectivity index (χ2v) is 5.05. The lowest BCUT2D eigenvalue weighted by Gasteiger charge is -2.25. The molecule has 0 aromatic rings. The van der Waals surface area contributed by atoms with Crippen molar-refractivity contribution in [3.63, 3.8) is 0 Å². The van der Waals surface area contributed by atoms with Crippen LogP contribution in [0, 0.1) is 5.92 Å². The van der Waals surface area contributed by atoms with Crippen molar-refractivity contribution in [1.29, 1.82) is 0 Å². The Morgan fingerprint density at radius 1 is 1.38 bits per heavy atom. The zero-order chi connectivity index (χ0) is 9.73. The molecule has 1 saturated heterocycles. The average Bonchev–Trinajstić information content (AvgIpc) is 2.04. The molecule has 1 aliphatic heterocycles. The Morgan fingerprint density at radius 2 is 2.15 bits per heavy atom. The van der Waals surface area contributed by atoms with Crippen molar-refractivity contribution in [2.75, 3.05) is 19.8 Å². The summed E-state index contributed by atoms with van der Waals surface area (Å²) >= 11 is 0. The summed E-state index contributed by atoms with van der Waals surface area (Å²) in [6.07, 6.45) is 3.86. The maximum absolute atomic E-state index is 5.44. The molecule has 1 heterocycles. The Morgan fingerprint density at radius 3 is 2.69 bits per heavy atom. The van der Waals surface area contributed by atoms with Crippen LogP contribution in [-0.4, -0.2) is 25.3 Å².